The molecule has 3 aromatic carbocycles. The maximum atomic E-state index is 2.41. The largest absolute Gasteiger partial charge is 0.0807 e. The maximum Gasteiger partial charge on any atom is -0.00961 e. The first-order chi connectivity index (χ1) is 10.8. The Balaban J connectivity index is 2.30. The Bertz CT molecular complexity index is 1020. The molecule has 1 aliphatic rings. The van der Waals surface area contributed by atoms with Crippen LogP contribution in [-0.4, -0.2) is 0 Å². The van der Waals surface area contributed by atoms with Crippen molar-refractivity contribution in [1.29, 1.82) is 0 Å². The Morgan fingerprint density at radius 1 is 0.864 bits per heavy atom. The number of hydrogen-bond donors (Lipinski definition) is 0. The van der Waals surface area contributed by atoms with Crippen molar-refractivity contribution in [3.8, 4) is 0 Å². The van der Waals surface area contributed by atoms with Crippen molar-refractivity contribution in [2.75, 3.05) is 0 Å². The van der Waals surface area contributed by atoms with Crippen molar-refractivity contribution in [3.05, 3.63) is 70.6 Å². The van der Waals surface area contributed by atoms with Crippen molar-refractivity contribution in [1.82, 2.24) is 0 Å². The molecule has 0 heterocycles. The SMILES string of the molecule is CC(C)c1cc2c(ccc3ccccc32)c2c1=CCC=CC=2. The average Bonchev–Trinajstić information content (AvgIpc) is 2.79. The smallest absolute Gasteiger partial charge is 0.00961 e. The summed E-state index contributed by atoms with van der Waals surface area (Å²) in [6.45, 7) is 4.58. The first-order valence-electron chi connectivity index (χ1n) is 8.07. The fourth-order valence-electron chi connectivity index (χ4n) is 3.53. The Morgan fingerprint density at radius 2 is 1.73 bits per heavy atom. The number of rotatable bonds is 1. The summed E-state index contributed by atoms with van der Waals surface area (Å²) in [7, 11) is 0. The lowest BCUT2D eigenvalue weighted by atomic mass is 9.92. The summed E-state index contributed by atoms with van der Waals surface area (Å²) in [6.07, 6.45) is 10.1. The quantitative estimate of drug-likeness (QED) is 0.571. The van der Waals surface area contributed by atoms with Crippen LogP contribution in [0.4, 0.5) is 0 Å². The molecule has 0 saturated carbocycles. The molecule has 0 aliphatic heterocycles. The highest BCUT2D eigenvalue weighted by atomic mass is 14.1. The van der Waals surface area contributed by atoms with E-state index < -0.39 is 0 Å². The molecule has 4 rings (SSSR count). The molecule has 108 valence electrons. The first kappa shape index (κ1) is 13.3. The minimum atomic E-state index is 0.528. The van der Waals surface area contributed by atoms with Gasteiger partial charge in [-0.15, -0.1) is 0 Å². The second-order valence-electron chi connectivity index (χ2n) is 6.36. The average molecular weight is 284 g/mol. The molecule has 0 spiro atoms. The molecule has 0 saturated heterocycles. The first-order valence-corrected chi connectivity index (χ1v) is 8.07. The molecular weight excluding hydrogens is 264 g/mol. The van der Waals surface area contributed by atoms with Crippen LogP contribution in [0.1, 0.15) is 31.7 Å². The van der Waals surface area contributed by atoms with Gasteiger partial charge in [-0.2, -0.15) is 0 Å². The van der Waals surface area contributed by atoms with E-state index in [-0.39, 0.29) is 0 Å². The molecule has 3 aromatic rings. The minimum absolute atomic E-state index is 0.528. The van der Waals surface area contributed by atoms with E-state index >= 15 is 0 Å². The second kappa shape index (κ2) is 5.14. The van der Waals surface area contributed by atoms with Gasteiger partial charge in [0.1, 0.15) is 0 Å². The van der Waals surface area contributed by atoms with E-state index in [4.69, 9.17) is 0 Å². The van der Waals surface area contributed by atoms with Gasteiger partial charge in [-0.25, -0.2) is 0 Å². The Hall–Kier alpha value is -2.34. The summed E-state index contributed by atoms with van der Waals surface area (Å²) in [5.41, 5.74) is 1.46. The van der Waals surface area contributed by atoms with Crippen LogP contribution in [0.25, 0.3) is 33.7 Å². The second-order valence-corrected chi connectivity index (χ2v) is 6.36. The van der Waals surface area contributed by atoms with Crippen LogP contribution >= 0.6 is 0 Å². The van der Waals surface area contributed by atoms with Crippen LogP contribution in [0.3, 0.4) is 0 Å². The van der Waals surface area contributed by atoms with Crippen LogP contribution < -0.4 is 10.4 Å². The van der Waals surface area contributed by atoms with E-state index in [2.05, 4.69) is 80.6 Å². The van der Waals surface area contributed by atoms with E-state index in [1.165, 1.54) is 37.5 Å². The van der Waals surface area contributed by atoms with Gasteiger partial charge >= 0.3 is 0 Å². The fraction of sp³-hybridized carbons (Fsp3) is 0.182. The summed E-state index contributed by atoms with van der Waals surface area (Å²) in [5.74, 6) is 0.528. The van der Waals surface area contributed by atoms with Gasteiger partial charge in [0.05, 0.1) is 0 Å². The molecule has 0 aromatic heterocycles. The third-order valence-electron chi connectivity index (χ3n) is 4.64. The number of benzene rings is 3. The molecule has 0 nitrogen and oxygen atoms in total. The van der Waals surface area contributed by atoms with Crippen LogP contribution in [0.2, 0.25) is 0 Å². The van der Waals surface area contributed by atoms with Gasteiger partial charge in [0.2, 0.25) is 0 Å². The summed E-state index contributed by atoms with van der Waals surface area (Å²) >= 11 is 0. The van der Waals surface area contributed by atoms with Gasteiger partial charge in [-0.1, -0.05) is 74.5 Å². The minimum Gasteiger partial charge on any atom is -0.0807 e. The molecule has 1 aliphatic carbocycles. The highest BCUT2D eigenvalue weighted by molar-refractivity contribution is 6.08. The normalized spacial score (nSPS) is 13.8. The molecule has 0 fully saturated rings. The summed E-state index contributed by atoms with van der Waals surface area (Å²) < 4.78 is 0. The lowest BCUT2D eigenvalue weighted by Gasteiger charge is -2.12. The highest BCUT2D eigenvalue weighted by Crippen LogP contribution is 2.25. The van der Waals surface area contributed by atoms with Gasteiger partial charge in [0.15, 0.2) is 0 Å². The third kappa shape index (κ3) is 1.99. The molecule has 0 atom stereocenters. The van der Waals surface area contributed by atoms with E-state index in [1.807, 2.05) is 0 Å². The Morgan fingerprint density at radius 3 is 2.59 bits per heavy atom. The molecule has 0 unspecified atom stereocenters. The molecule has 0 amide bonds. The fourth-order valence-corrected chi connectivity index (χ4v) is 3.53. The number of hydrogen-bond acceptors (Lipinski definition) is 0. The monoisotopic (exact) mass is 284 g/mol. The van der Waals surface area contributed by atoms with Gasteiger partial charge in [-0.3, -0.25) is 0 Å². The Kier molecular flexibility index (Phi) is 3.11. The lowest BCUT2D eigenvalue weighted by Crippen LogP contribution is -2.29. The van der Waals surface area contributed by atoms with Crippen LogP contribution in [-0.2, 0) is 0 Å². The summed E-state index contributed by atoms with van der Waals surface area (Å²) in [6, 6.07) is 15.6. The van der Waals surface area contributed by atoms with E-state index in [0.29, 0.717) is 5.92 Å². The van der Waals surface area contributed by atoms with Crippen molar-refractivity contribution >= 4 is 33.7 Å². The summed E-state index contributed by atoms with van der Waals surface area (Å²) in [5, 5.41) is 8.20. The van der Waals surface area contributed by atoms with Crippen molar-refractivity contribution < 1.29 is 0 Å². The molecular formula is C22H20. The Labute approximate surface area is 131 Å². The van der Waals surface area contributed by atoms with Gasteiger partial charge < -0.3 is 0 Å². The highest BCUT2D eigenvalue weighted by Gasteiger charge is 2.09. The van der Waals surface area contributed by atoms with Crippen LogP contribution in [0.15, 0.2) is 54.6 Å². The van der Waals surface area contributed by atoms with Crippen LogP contribution in [0.5, 0.6) is 0 Å². The van der Waals surface area contributed by atoms with Gasteiger partial charge in [0, 0.05) is 0 Å². The predicted octanol–water partition coefficient (Wildman–Crippen LogP) is 4.64. The zero-order valence-corrected chi connectivity index (χ0v) is 13.1. The van der Waals surface area contributed by atoms with Crippen molar-refractivity contribution in [2.24, 2.45) is 0 Å². The molecule has 0 heteroatoms. The molecule has 0 bridgehead atoms. The van der Waals surface area contributed by atoms with E-state index in [0.717, 1.165) is 6.42 Å². The predicted molar refractivity (Wildman–Crippen MR) is 97.5 cm³/mol. The van der Waals surface area contributed by atoms with E-state index in [9.17, 15) is 0 Å². The molecule has 22 heavy (non-hydrogen) atoms. The number of allylic oxidation sites excluding steroid dienone is 2. The zero-order valence-electron chi connectivity index (χ0n) is 13.1. The maximum absolute atomic E-state index is 2.41. The number of fused-ring (bicyclic) bond motifs is 5. The topological polar surface area (TPSA) is 0 Å². The van der Waals surface area contributed by atoms with E-state index in [1.54, 1.807) is 0 Å². The zero-order chi connectivity index (χ0) is 15.1. The lowest BCUT2D eigenvalue weighted by molar-refractivity contribution is 0.859. The molecule has 0 N–H and O–H groups in total. The van der Waals surface area contributed by atoms with Crippen molar-refractivity contribution in [3.63, 3.8) is 0 Å². The van der Waals surface area contributed by atoms with Gasteiger partial charge in [-0.05, 0) is 56.0 Å². The summed E-state index contributed by atoms with van der Waals surface area (Å²) in [4.78, 5) is 0. The van der Waals surface area contributed by atoms with Crippen molar-refractivity contribution in [2.45, 2.75) is 26.2 Å². The van der Waals surface area contributed by atoms with Gasteiger partial charge in [0.25, 0.3) is 0 Å². The van der Waals surface area contributed by atoms with Crippen LogP contribution in [0, 0.1) is 0 Å². The molecule has 0 radical (unpaired) electrons. The standard InChI is InChI=1S/C22H20/c1-15(2)21-14-22-17-9-7-6-8-16(17)12-13-20(22)18-10-4-3-5-11-19(18)21/h3-4,6-15H,5H2,1-2H3. The third-order valence-corrected chi connectivity index (χ3v) is 4.64.